The van der Waals surface area contributed by atoms with Gasteiger partial charge >= 0.3 is 12.0 Å². The first-order valence-electron chi connectivity index (χ1n) is 8.84. The van der Waals surface area contributed by atoms with Crippen LogP contribution in [0.5, 0.6) is 6.01 Å². The summed E-state index contributed by atoms with van der Waals surface area (Å²) in [6, 6.07) is 6.69. The number of allylic oxidation sites excluding steroid dienone is 3. The number of carbonyl (C=O) groups excluding carboxylic acids is 1. The van der Waals surface area contributed by atoms with E-state index >= 15 is 0 Å². The lowest BCUT2D eigenvalue weighted by molar-refractivity contribution is -0.137. The van der Waals surface area contributed by atoms with Crippen molar-refractivity contribution in [1.29, 1.82) is 0 Å². The van der Waals surface area contributed by atoms with Crippen LogP contribution in [-0.2, 0) is 16.0 Å². The summed E-state index contributed by atoms with van der Waals surface area (Å²) in [6.07, 6.45) is 7.45. The number of hydrogen-bond acceptors (Lipinski definition) is 6. The van der Waals surface area contributed by atoms with Crippen LogP contribution < -0.4 is 10.5 Å². The maximum atomic E-state index is 14.3. The number of halogens is 1. The Morgan fingerprint density at radius 1 is 1.29 bits per heavy atom. The molecule has 1 unspecified atom stereocenters. The Kier molecular flexibility index (Phi) is 4.65. The lowest BCUT2D eigenvalue weighted by Crippen LogP contribution is -2.26. The zero-order valence-electron chi connectivity index (χ0n) is 15.2. The topological polar surface area (TPSA) is 87.3 Å². The molecular formula is C21H18FN3O3. The Morgan fingerprint density at radius 3 is 2.86 bits per heavy atom. The molecule has 142 valence electrons. The second kappa shape index (κ2) is 7.26. The zero-order chi connectivity index (χ0) is 19.7. The van der Waals surface area contributed by atoms with Crippen molar-refractivity contribution in [3.63, 3.8) is 0 Å². The van der Waals surface area contributed by atoms with Crippen molar-refractivity contribution in [3.8, 4) is 6.01 Å². The van der Waals surface area contributed by atoms with Crippen LogP contribution in [0.3, 0.4) is 0 Å². The fraction of sp³-hybridized carbons (Fsp3) is 0.190. The van der Waals surface area contributed by atoms with Gasteiger partial charge in [-0.25, -0.2) is 19.2 Å². The van der Waals surface area contributed by atoms with Gasteiger partial charge in [0.2, 0.25) is 0 Å². The van der Waals surface area contributed by atoms with E-state index in [0.29, 0.717) is 29.1 Å². The molecule has 0 fully saturated rings. The molecular weight excluding hydrogens is 361 g/mol. The highest BCUT2D eigenvalue weighted by atomic mass is 19.1. The van der Waals surface area contributed by atoms with Crippen LogP contribution in [0.1, 0.15) is 18.9 Å². The highest BCUT2D eigenvalue weighted by Gasteiger charge is 2.33. The number of benzene rings is 1. The minimum Gasteiger partial charge on any atom is -0.427 e. The van der Waals surface area contributed by atoms with Gasteiger partial charge in [0.15, 0.2) is 0 Å². The maximum Gasteiger partial charge on any atom is 0.339 e. The number of fused-ring (bicyclic) bond motifs is 1. The molecule has 2 aromatic rings. The van der Waals surface area contributed by atoms with Crippen LogP contribution in [0.15, 0.2) is 71.5 Å². The molecule has 0 amide bonds. The van der Waals surface area contributed by atoms with Crippen LogP contribution in [0, 0.1) is 11.7 Å². The van der Waals surface area contributed by atoms with Gasteiger partial charge in [-0.2, -0.15) is 0 Å². The SMILES string of the molecule is CC1=C(Cc2cccc(N)c2F)C(=O)OC2=CC(Oc3ncccn3)=CCC21. The Balaban J connectivity index is 1.58. The largest absolute Gasteiger partial charge is 0.427 e. The first kappa shape index (κ1) is 17.9. The van der Waals surface area contributed by atoms with E-state index in [-0.39, 0.29) is 24.0 Å². The third-order valence-electron chi connectivity index (χ3n) is 4.87. The molecule has 0 spiro atoms. The van der Waals surface area contributed by atoms with Gasteiger partial charge in [-0.3, -0.25) is 0 Å². The normalized spacial score (nSPS) is 18.8. The average molecular weight is 379 g/mol. The third-order valence-corrected chi connectivity index (χ3v) is 4.87. The number of carbonyl (C=O) groups is 1. The summed E-state index contributed by atoms with van der Waals surface area (Å²) in [5.74, 6) is -0.0602. The molecule has 0 bridgehead atoms. The smallest absolute Gasteiger partial charge is 0.339 e. The van der Waals surface area contributed by atoms with E-state index in [9.17, 15) is 9.18 Å². The summed E-state index contributed by atoms with van der Waals surface area (Å²) in [5, 5.41) is 0. The van der Waals surface area contributed by atoms with Gasteiger partial charge in [0.25, 0.3) is 0 Å². The minimum atomic E-state index is -0.501. The highest BCUT2D eigenvalue weighted by Crippen LogP contribution is 2.38. The van der Waals surface area contributed by atoms with Gasteiger partial charge in [-0.05, 0) is 37.1 Å². The molecule has 1 aromatic carbocycles. The monoisotopic (exact) mass is 379 g/mol. The van der Waals surface area contributed by atoms with Crippen molar-refractivity contribution in [3.05, 3.63) is 82.9 Å². The van der Waals surface area contributed by atoms with E-state index in [1.807, 2.05) is 13.0 Å². The third kappa shape index (κ3) is 3.38. The molecule has 1 aliphatic heterocycles. The summed E-state index contributed by atoms with van der Waals surface area (Å²) in [6.45, 7) is 1.87. The van der Waals surface area contributed by atoms with E-state index in [1.54, 1.807) is 36.7 Å². The number of anilines is 1. The van der Waals surface area contributed by atoms with Crippen LogP contribution >= 0.6 is 0 Å². The Hall–Kier alpha value is -3.48. The second-order valence-corrected chi connectivity index (χ2v) is 6.62. The van der Waals surface area contributed by atoms with Gasteiger partial charge < -0.3 is 15.2 Å². The molecule has 0 saturated carbocycles. The highest BCUT2D eigenvalue weighted by molar-refractivity contribution is 5.92. The van der Waals surface area contributed by atoms with Crippen molar-refractivity contribution in [2.24, 2.45) is 5.92 Å². The summed E-state index contributed by atoms with van der Waals surface area (Å²) >= 11 is 0. The molecule has 2 N–H and O–H groups in total. The lowest BCUT2D eigenvalue weighted by atomic mass is 9.84. The predicted molar refractivity (Wildman–Crippen MR) is 100 cm³/mol. The van der Waals surface area contributed by atoms with E-state index in [4.69, 9.17) is 15.2 Å². The number of hydrogen-bond donors (Lipinski definition) is 1. The Morgan fingerprint density at radius 2 is 2.07 bits per heavy atom. The van der Waals surface area contributed by atoms with Gasteiger partial charge in [0.05, 0.1) is 5.69 Å². The first-order chi connectivity index (χ1) is 13.5. The van der Waals surface area contributed by atoms with Crippen molar-refractivity contribution in [2.75, 3.05) is 5.73 Å². The van der Waals surface area contributed by atoms with Gasteiger partial charge in [-0.1, -0.05) is 17.7 Å². The van der Waals surface area contributed by atoms with Gasteiger partial charge in [0, 0.05) is 36.4 Å². The number of nitrogens with zero attached hydrogens (tertiary/aromatic N) is 2. The summed E-state index contributed by atoms with van der Waals surface area (Å²) in [7, 11) is 0. The van der Waals surface area contributed by atoms with Crippen molar-refractivity contribution in [2.45, 2.75) is 19.8 Å². The molecule has 0 radical (unpaired) electrons. The fourth-order valence-electron chi connectivity index (χ4n) is 3.33. The first-order valence-corrected chi connectivity index (χ1v) is 8.84. The van der Waals surface area contributed by atoms with E-state index in [1.165, 1.54) is 6.07 Å². The number of aromatic nitrogens is 2. The molecule has 1 aliphatic carbocycles. The molecule has 4 rings (SSSR count). The van der Waals surface area contributed by atoms with E-state index < -0.39 is 11.8 Å². The lowest BCUT2D eigenvalue weighted by Gasteiger charge is -2.30. The van der Waals surface area contributed by atoms with Crippen LogP contribution in [0.2, 0.25) is 0 Å². The number of esters is 1. The zero-order valence-corrected chi connectivity index (χ0v) is 15.2. The van der Waals surface area contributed by atoms with E-state index in [0.717, 1.165) is 5.57 Å². The standard InChI is InChI=1S/C21H18FN3O3/c1-12-15-7-6-14(27-21-24-8-3-9-25-21)11-18(15)28-20(26)16(12)10-13-4-2-5-17(23)19(13)22/h2-6,8-9,11,15H,7,10,23H2,1H3. The number of nitrogens with two attached hydrogens (primary N) is 1. The number of nitrogen functional groups attached to an aromatic ring is 1. The molecule has 0 saturated heterocycles. The summed E-state index contributed by atoms with van der Waals surface area (Å²) in [4.78, 5) is 20.6. The summed E-state index contributed by atoms with van der Waals surface area (Å²) in [5.41, 5.74) is 7.37. The quantitative estimate of drug-likeness (QED) is 0.646. The molecule has 2 heterocycles. The van der Waals surface area contributed by atoms with Crippen LogP contribution in [0.25, 0.3) is 0 Å². The van der Waals surface area contributed by atoms with E-state index in [2.05, 4.69) is 9.97 Å². The predicted octanol–water partition coefficient (Wildman–Crippen LogP) is 3.48. The molecule has 28 heavy (non-hydrogen) atoms. The maximum absolute atomic E-state index is 14.3. The Labute approximate surface area is 161 Å². The van der Waals surface area contributed by atoms with Crippen molar-refractivity contribution in [1.82, 2.24) is 9.97 Å². The molecule has 7 heteroatoms. The van der Waals surface area contributed by atoms with Crippen molar-refractivity contribution >= 4 is 11.7 Å². The molecule has 1 aromatic heterocycles. The summed E-state index contributed by atoms with van der Waals surface area (Å²) < 4.78 is 25.4. The van der Waals surface area contributed by atoms with Gasteiger partial charge in [0.1, 0.15) is 17.3 Å². The van der Waals surface area contributed by atoms with Crippen LogP contribution in [-0.4, -0.2) is 15.9 Å². The Bertz CT molecular complexity index is 1030. The van der Waals surface area contributed by atoms with Gasteiger partial charge in [-0.15, -0.1) is 0 Å². The van der Waals surface area contributed by atoms with Crippen LogP contribution in [0.4, 0.5) is 10.1 Å². The fourth-order valence-corrected chi connectivity index (χ4v) is 3.33. The van der Waals surface area contributed by atoms with Crippen molar-refractivity contribution < 1.29 is 18.7 Å². The molecule has 6 nitrogen and oxygen atoms in total. The number of rotatable bonds is 4. The average Bonchev–Trinajstić information content (AvgIpc) is 2.69. The minimum absolute atomic E-state index is 0.0611. The molecule has 1 atom stereocenters. The molecule has 2 aliphatic rings. The number of ether oxygens (including phenoxy) is 2. The second-order valence-electron chi connectivity index (χ2n) is 6.62.